The highest BCUT2D eigenvalue weighted by Crippen LogP contribution is 2.30. The van der Waals surface area contributed by atoms with Gasteiger partial charge in [0.05, 0.1) is 0 Å². The van der Waals surface area contributed by atoms with E-state index >= 15 is 0 Å². The molecule has 25 heavy (non-hydrogen) atoms. The van der Waals surface area contributed by atoms with Gasteiger partial charge in [-0.25, -0.2) is 9.59 Å². The molecule has 2 N–H and O–H groups in total. The Labute approximate surface area is 148 Å². The Morgan fingerprint density at radius 3 is 2.44 bits per heavy atom. The van der Waals surface area contributed by atoms with Crippen LogP contribution in [0.25, 0.3) is 0 Å². The van der Waals surface area contributed by atoms with Crippen LogP contribution in [0.15, 0.2) is 30.3 Å². The molecule has 0 spiro atoms. The third-order valence-electron chi connectivity index (χ3n) is 5.06. The van der Waals surface area contributed by atoms with Crippen molar-refractivity contribution in [2.75, 3.05) is 26.2 Å². The number of esters is 1. The van der Waals surface area contributed by atoms with Crippen molar-refractivity contribution in [1.29, 1.82) is 0 Å². The summed E-state index contributed by atoms with van der Waals surface area (Å²) < 4.78 is 5.57. The van der Waals surface area contributed by atoms with Crippen LogP contribution in [-0.2, 0) is 16.1 Å². The molecule has 3 rings (SSSR count). The van der Waals surface area contributed by atoms with E-state index in [2.05, 4.69) is 10.6 Å². The molecular formula is C19H27N3O3. The fourth-order valence-corrected chi connectivity index (χ4v) is 3.55. The molecular weight excluding hydrogens is 318 g/mol. The molecule has 1 saturated heterocycles. The number of carbonyl (C=O) groups is 2. The van der Waals surface area contributed by atoms with E-state index in [1.807, 2.05) is 30.3 Å². The Bertz CT molecular complexity index is 579. The van der Waals surface area contributed by atoms with Crippen LogP contribution in [0.3, 0.4) is 0 Å². The van der Waals surface area contributed by atoms with Gasteiger partial charge in [-0.05, 0) is 18.4 Å². The van der Waals surface area contributed by atoms with Crippen molar-refractivity contribution in [2.24, 2.45) is 0 Å². The molecule has 1 aromatic carbocycles. The van der Waals surface area contributed by atoms with Crippen LogP contribution in [0.5, 0.6) is 0 Å². The summed E-state index contributed by atoms with van der Waals surface area (Å²) in [6.45, 7) is 3.16. The summed E-state index contributed by atoms with van der Waals surface area (Å²) in [6.07, 6.45) is 4.26. The van der Waals surface area contributed by atoms with Crippen molar-refractivity contribution in [1.82, 2.24) is 15.5 Å². The van der Waals surface area contributed by atoms with Gasteiger partial charge in [0.1, 0.15) is 12.1 Å². The molecule has 6 heteroatoms. The van der Waals surface area contributed by atoms with Crippen LogP contribution < -0.4 is 10.6 Å². The normalized spacial score (nSPS) is 19.9. The first-order valence-corrected chi connectivity index (χ1v) is 9.19. The van der Waals surface area contributed by atoms with Gasteiger partial charge in [-0.15, -0.1) is 0 Å². The Balaban J connectivity index is 1.64. The van der Waals surface area contributed by atoms with E-state index in [0.717, 1.165) is 37.9 Å². The molecule has 1 aromatic rings. The summed E-state index contributed by atoms with van der Waals surface area (Å²) in [7, 11) is 0. The zero-order chi connectivity index (χ0) is 17.5. The van der Waals surface area contributed by atoms with E-state index < -0.39 is 5.54 Å². The maximum absolute atomic E-state index is 12.8. The van der Waals surface area contributed by atoms with E-state index in [4.69, 9.17) is 4.74 Å². The van der Waals surface area contributed by atoms with Crippen molar-refractivity contribution in [3.05, 3.63) is 35.9 Å². The van der Waals surface area contributed by atoms with Crippen LogP contribution in [0.4, 0.5) is 4.79 Å². The number of hydrogen-bond acceptors (Lipinski definition) is 4. The van der Waals surface area contributed by atoms with Gasteiger partial charge in [0.25, 0.3) is 0 Å². The maximum atomic E-state index is 12.8. The highest BCUT2D eigenvalue weighted by Gasteiger charge is 2.43. The lowest BCUT2D eigenvalue weighted by atomic mass is 9.81. The van der Waals surface area contributed by atoms with Crippen molar-refractivity contribution >= 4 is 12.0 Å². The topological polar surface area (TPSA) is 70.7 Å². The number of carbonyl (C=O) groups excluding carboxylic acids is 2. The van der Waals surface area contributed by atoms with Gasteiger partial charge in [0.2, 0.25) is 0 Å². The molecule has 0 radical (unpaired) electrons. The second kappa shape index (κ2) is 8.34. The van der Waals surface area contributed by atoms with Crippen molar-refractivity contribution in [2.45, 2.75) is 44.2 Å². The molecule has 6 nitrogen and oxygen atoms in total. The van der Waals surface area contributed by atoms with Crippen LogP contribution in [0.2, 0.25) is 0 Å². The van der Waals surface area contributed by atoms with Crippen LogP contribution in [0.1, 0.15) is 37.7 Å². The predicted octanol–water partition coefficient (Wildman–Crippen LogP) is 2.05. The van der Waals surface area contributed by atoms with Crippen LogP contribution in [0, 0.1) is 0 Å². The lowest BCUT2D eigenvalue weighted by Gasteiger charge is -2.38. The Hall–Kier alpha value is -2.08. The number of amides is 2. The van der Waals surface area contributed by atoms with Gasteiger partial charge in [0, 0.05) is 26.2 Å². The second-order valence-corrected chi connectivity index (χ2v) is 6.87. The maximum Gasteiger partial charge on any atom is 0.332 e. The van der Waals surface area contributed by atoms with E-state index in [1.54, 1.807) is 4.90 Å². The van der Waals surface area contributed by atoms with Gasteiger partial charge < -0.3 is 20.3 Å². The molecule has 0 bridgehead atoms. The van der Waals surface area contributed by atoms with Gasteiger partial charge in [-0.2, -0.15) is 0 Å². The van der Waals surface area contributed by atoms with Crippen LogP contribution in [-0.4, -0.2) is 48.6 Å². The molecule has 1 heterocycles. The number of hydrogen-bond donors (Lipinski definition) is 2. The quantitative estimate of drug-likeness (QED) is 0.820. The summed E-state index contributed by atoms with van der Waals surface area (Å²) in [6, 6.07) is 9.49. The summed E-state index contributed by atoms with van der Waals surface area (Å²) in [4.78, 5) is 27.2. The molecule has 0 aromatic heterocycles. The van der Waals surface area contributed by atoms with E-state index in [-0.39, 0.29) is 18.6 Å². The average molecular weight is 345 g/mol. The minimum absolute atomic E-state index is 0.153. The number of nitrogens with zero attached hydrogens (tertiary/aromatic N) is 1. The highest BCUT2D eigenvalue weighted by molar-refractivity contribution is 5.87. The van der Waals surface area contributed by atoms with Crippen molar-refractivity contribution in [3.63, 3.8) is 0 Å². The molecule has 1 saturated carbocycles. The number of urea groups is 1. The van der Waals surface area contributed by atoms with E-state index in [9.17, 15) is 9.59 Å². The minimum Gasteiger partial charge on any atom is -0.459 e. The summed E-state index contributed by atoms with van der Waals surface area (Å²) in [5.74, 6) is -0.306. The monoisotopic (exact) mass is 345 g/mol. The molecule has 1 aliphatic carbocycles. The molecule has 0 atom stereocenters. The number of piperazine rings is 1. The van der Waals surface area contributed by atoms with Crippen molar-refractivity contribution < 1.29 is 14.3 Å². The third kappa shape index (κ3) is 4.51. The zero-order valence-corrected chi connectivity index (χ0v) is 14.6. The SMILES string of the molecule is O=C(NC1(C(=O)OCc2ccccc2)CCCCC1)N1CCNCC1. The minimum atomic E-state index is -0.880. The highest BCUT2D eigenvalue weighted by atomic mass is 16.5. The number of benzene rings is 1. The Morgan fingerprint density at radius 2 is 1.76 bits per heavy atom. The summed E-state index contributed by atoms with van der Waals surface area (Å²) in [5, 5.41) is 6.25. The van der Waals surface area contributed by atoms with Gasteiger partial charge >= 0.3 is 12.0 Å². The standard InChI is InChI=1S/C19H27N3O3/c23-17(25-15-16-7-3-1-4-8-16)19(9-5-2-6-10-19)21-18(24)22-13-11-20-12-14-22/h1,3-4,7-8,20H,2,5-6,9-15H2,(H,21,24). The van der Waals surface area contributed by atoms with E-state index in [0.29, 0.717) is 25.9 Å². The first-order chi connectivity index (χ1) is 12.2. The molecule has 136 valence electrons. The number of rotatable bonds is 4. The molecule has 2 amide bonds. The summed E-state index contributed by atoms with van der Waals surface area (Å²) in [5.41, 5.74) is 0.0740. The first-order valence-electron chi connectivity index (χ1n) is 9.19. The number of ether oxygens (including phenoxy) is 1. The Kier molecular flexibility index (Phi) is 5.91. The fourth-order valence-electron chi connectivity index (χ4n) is 3.55. The first kappa shape index (κ1) is 17.7. The fraction of sp³-hybridized carbons (Fsp3) is 0.579. The second-order valence-electron chi connectivity index (χ2n) is 6.87. The zero-order valence-electron chi connectivity index (χ0n) is 14.6. The summed E-state index contributed by atoms with van der Waals surface area (Å²) >= 11 is 0. The molecule has 2 aliphatic rings. The van der Waals surface area contributed by atoms with Crippen LogP contribution >= 0.6 is 0 Å². The Morgan fingerprint density at radius 1 is 1.08 bits per heavy atom. The molecule has 2 fully saturated rings. The smallest absolute Gasteiger partial charge is 0.332 e. The molecule has 1 aliphatic heterocycles. The van der Waals surface area contributed by atoms with Gasteiger partial charge in [0.15, 0.2) is 0 Å². The predicted molar refractivity (Wildman–Crippen MR) is 95.0 cm³/mol. The largest absolute Gasteiger partial charge is 0.459 e. The average Bonchev–Trinajstić information content (AvgIpc) is 2.68. The third-order valence-corrected chi connectivity index (χ3v) is 5.06. The van der Waals surface area contributed by atoms with Crippen molar-refractivity contribution in [3.8, 4) is 0 Å². The lowest BCUT2D eigenvalue weighted by molar-refractivity contribution is -0.154. The van der Waals surface area contributed by atoms with E-state index in [1.165, 1.54) is 0 Å². The van der Waals surface area contributed by atoms with Gasteiger partial charge in [-0.3, -0.25) is 0 Å². The number of nitrogens with one attached hydrogen (secondary N) is 2. The van der Waals surface area contributed by atoms with Gasteiger partial charge in [-0.1, -0.05) is 49.6 Å². The molecule has 0 unspecified atom stereocenters. The lowest BCUT2D eigenvalue weighted by Crippen LogP contribution is -2.61.